The normalized spacial score (nSPS) is 14.0. The lowest BCUT2D eigenvalue weighted by atomic mass is 10.3. The number of aromatic nitrogens is 2. The van der Waals surface area contributed by atoms with Gasteiger partial charge in [0.2, 0.25) is 17.7 Å². The molecule has 1 aliphatic rings. The summed E-state index contributed by atoms with van der Waals surface area (Å²) in [5.74, 6) is 0.466. The molecule has 1 amide bonds. The fraction of sp³-hybridized carbons (Fsp3) is 0.583. The van der Waals surface area contributed by atoms with Crippen LogP contribution in [-0.2, 0) is 4.79 Å². The van der Waals surface area contributed by atoms with Crippen LogP contribution in [-0.4, -0.2) is 52.4 Å². The third-order valence-corrected chi connectivity index (χ3v) is 3.28. The highest BCUT2D eigenvalue weighted by atomic mass is 16.6. The van der Waals surface area contributed by atoms with Gasteiger partial charge < -0.3 is 15.5 Å². The van der Waals surface area contributed by atoms with Gasteiger partial charge in [-0.1, -0.05) is 0 Å². The van der Waals surface area contributed by atoms with E-state index in [1.54, 1.807) is 7.05 Å². The van der Waals surface area contributed by atoms with Gasteiger partial charge in [-0.3, -0.25) is 14.9 Å². The largest absolute Gasteiger partial charge is 0.364 e. The lowest BCUT2D eigenvalue weighted by Crippen LogP contribution is -2.29. The van der Waals surface area contributed by atoms with E-state index < -0.39 is 4.92 Å². The fourth-order valence-electron chi connectivity index (χ4n) is 2.17. The summed E-state index contributed by atoms with van der Waals surface area (Å²) in [5.41, 5.74) is -0.206. The lowest BCUT2D eigenvalue weighted by Gasteiger charge is -2.15. The van der Waals surface area contributed by atoms with Crippen molar-refractivity contribution in [2.45, 2.75) is 19.3 Å². The third kappa shape index (κ3) is 3.77. The van der Waals surface area contributed by atoms with Crippen LogP contribution in [0.5, 0.6) is 0 Å². The van der Waals surface area contributed by atoms with Gasteiger partial charge in [0, 0.05) is 33.1 Å². The SMILES string of the molecule is CNc1ncc([N+](=O)[O-])c(NCCC(=O)N2CCCC2)n1. The van der Waals surface area contributed by atoms with Crippen molar-refractivity contribution in [1.82, 2.24) is 14.9 Å². The number of anilines is 2. The minimum absolute atomic E-state index is 0.0607. The van der Waals surface area contributed by atoms with Crippen LogP contribution in [0.4, 0.5) is 17.5 Å². The first-order valence-electron chi connectivity index (χ1n) is 6.82. The minimum atomic E-state index is -0.552. The second-order valence-corrected chi connectivity index (χ2v) is 4.70. The number of hydrogen-bond acceptors (Lipinski definition) is 7. The Morgan fingerprint density at radius 3 is 2.81 bits per heavy atom. The first-order chi connectivity index (χ1) is 10.1. The molecule has 0 atom stereocenters. The molecule has 1 saturated heterocycles. The monoisotopic (exact) mass is 294 g/mol. The van der Waals surface area contributed by atoms with Crippen LogP contribution in [0.2, 0.25) is 0 Å². The predicted octanol–water partition coefficient (Wildman–Crippen LogP) is 0.851. The quantitative estimate of drug-likeness (QED) is 0.590. The van der Waals surface area contributed by atoms with Crippen LogP contribution >= 0.6 is 0 Å². The summed E-state index contributed by atoms with van der Waals surface area (Å²) >= 11 is 0. The Hall–Kier alpha value is -2.45. The van der Waals surface area contributed by atoms with Gasteiger partial charge in [-0.25, -0.2) is 4.98 Å². The van der Waals surface area contributed by atoms with E-state index in [0.29, 0.717) is 6.54 Å². The number of carbonyl (C=O) groups excluding carboxylic acids is 1. The predicted molar refractivity (Wildman–Crippen MR) is 77.2 cm³/mol. The number of nitrogens with one attached hydrogen (secondary N) is 2. The summed E-state index contributed by atoms with van der Waals surface area (Å²) in [6.07, 6.45) is 3.52. The molecule has 114 valence electrons. The highest BCUT2D eigenvalue weighted by Crippen LogP contribution is 2.21. The molecule has 2 N–H and O–H groups in total. The molecule has 2 heterocycles. The summed E-state index contributed by atoms with van der Waals surface area (Å²) in [7, 11) is 1.63. The number of nitrogens with zero attached hydrogens (tertiary/aromatic N) is 4. The molecular weight excluding hydrogens is 276 g/mol. The zero-order chi connectivity index (χ0) is 15.2. The lowest BCUT2D eigenvalue weighted by molar-refractivity contribution is -0.384. The Balaban J connectivity index is 1.95. The molecule has 1 aliphatic heterocycles. The van der Waals surface area contributed by atoms with Crippen LogP contribution < -0.4 is 10.6 Å². The van der Waals surface area contributed by atoms with Gasteiger partial charge in [-0.15, -0.1) is 0 Å². The van der Waals surface area contributed by atoms with Crippen molar-refractivity contribution in [1.29, 1.82) is 0 Å². The minimum Gasteiger partial charge on any atom is -0.364 e. The van der Waals surface area contributed by atoms with Crippen LogP contribution in [0.3, 0.4) is 0 Å². The van der Waals surface area contributed by atoms with E-state index in [9.17, 15) is 14.9 Å². The van der Waals surface area contributed by atoms with E-state index in [-0.39, 0.29) is 29.8 Å². The maximum Gasteiger partial charge on any atom is 0.329 e. The van der Waals surface area contributed by atoms with Gasteiger partial charge in [0.25, 0.3) is 0 Å². The van der Waals surface area contributed by atoms with Crippen molar-refractivity contribution >= 4 is 23.4 Å². The molecule has 1 aromatic rings. The van der Waals surface area contributed by atoms with Crippen molar-refractivity contribution in [2.75, 3.05) is 37.3 Å². The van der Waals surface area contributed by atoms with Gasteiger partial charge in [-0.05, 0) is 12.8 Å². The van der Waals surface area contributed by atoms with Crippen LogP contribution in [0.25, 0.3) is 0 Å². The van der Waals surface area contributed by atoms with Crippen molar-refractivity contribution in [3.05, 3.63) is 16.3 Å². The molecule has 21 heavy (non-hydrogen) atoms. The zero-order valence-electron chi connectivity index (χ0n) is 11.8. The smallest absolute Gasteiger partial charge is 0.329 e. The Labute approximate surface area is 121 Å². The van der Waals surface area contributed by atoms with Crippen molar-refractivity contribution < 1.29 is 9.72 Å². The molecule has 0 unspecified atom stereocenters. The molecule has 0 aromatic carbocycles. The van der Waals surface area contributed by atoms with E-state index in [4.69, 9.17) is 0 Å². The number of carbonyl (C=O) groups is 1. The summed E-state index contributed by atoms with van der Waals surface area (Å²) in [6.45, 7) is 1.91. The topological polar surface area (TPSA) is 113 Å². The van der Waals surface area contributed by atoms with Crippen molar-refractivity contribution in [2.24, 2.45) is 0 Å². The van der Waals surface area contributed by atoms with Gasteiger partial charge in [0.1, 0.15) is 6.20 Å². The second-order valence-electron chi connectivity index (χ2n) is 4.70. The van der Waals surface area contributed by atoms with E-state index in [0.717, 1.165) is 32.1 Å². The van der Waals surface area contributed by atoms with Crippen LogP contribution in [0.15, 0.2) is 6.20 Å². The first-order valence-corrected chi connectivity index (χ1v) is 6.82. The van der Waals surface area contributed by atoms with E-state index in [1.165, 1.54) is 0 Å². The van der Waals surface area contributed by atoms with Gasteiger partial charge in [0.15, 0.2) is 0 Å². The average molecular weight is 294 g/mol. The van der Waals surface area contributed by atoms with E-state index in [2.05, 4.69) is 20.6 Å². The van der Waals surface area contributed by atoms with E-state index in [1.807, 2.05) is 4.90 Å². The van der Waals surface area contributed by atoms with Gasteiger partial charge >= 0.3 is 5.69 Å². The number of rotatable bonds is 6. The Kier molecular flexibility index (Phi) is 4.85. The van der Waals surface area contributed by atoms with Crippen molar-refractivity contribution in [3.8, 4) is 0 Å². The summed E-state index contributed by atoms with van der Waals surface area (Å²) in [5, 5.41) is 16.5. The molecule has 0 spiro atoms. The molecule has 1 fully saturated rings. The number of likely N-dealkylation sites (tertiary alicyclic amines) is 1. The number of nitro groups is 1. The molecule has 0 saturated carbocycles. The second kappa shape index (κ2) is 6.82. The summed E-state index contributed by atoms with van der Waals surface area (Å²) in [6, 6.07) is 0. The van der Waals surface area contributed by atoms with Gasteiger partial charge in [-0.2, -0.15) is 4.98 Å². The third-order valence-electron chi connectivity index (χ3n) is 3.28. The molecule has 0 radical (unpaired) electrons. The Morgan fingerprint density at radius 2 is 2.19 bits per heavy atom. The molecule has 9 heteroatoms. The molecular formula is C12H18N6O3. The van der Waals surface area contributed by atoms with Crippen LogP contribution in [0, 0.1) is 10.1 Å². The summed E-state index contributed by atoms with van der Waals surface area (Å²) < 4.78 is 0. The zero-order valence-corrected chi connectivity index (χ0v) is 11.8. The number of hydrogen-bond donors (Lipinski definition) is 2. The molecule has 1 aromatic heterocycles. The molecule has 0 bridgehead atoms. The maximum atomic E-state index is 11.9. The van der Waals surface area contributed by atoms with E-state index >= 15 is 0 Å². The average Bonchev–Trinajstić information content (AvgIpc) is 3.01. The van der Waals surface area contributed by atoms with Gasteiger partial charge in [0.05, 0.1) is 4.92 Å². The highest BCUT2D eigenvalue weighted by molar-refractivity contribution is 5.77. The molecule has 9 nitrogen and oxygen atoms in total. The number of amides is 1. The standard InChI is InChI=1S/C12H18N6O3/c1-13-12-15-8-9(18(20)21)11(16-12)14-5-4-10(19)17-6-2-3-7-17/h8H,2-7H2,1H3,(H2,13,14,15,16). The van der Waals surface area contributed by atoms with Crippen molar-refractivity contribution in [3.63, 3.8) is 0 Å². The first kappa shape index (κ1) is 14.9. The highest BCUT2D eigenvalue weighted by Gasteiger charge is 2.19. The van der Waals surface area contributed by atoms with Crippen LogP contribution in [0.1, 0.15) is 19.3 Å². The summed E-state index contributed by atoms with van der Waals surface area (Å²) in [4.78, 5) is 31.9. The Morgan fingerprint density at radius 1 is 1.48 bits per heavy atom. The molecule has 2 rings (SSSR count). The molecule has 0 aliphatic carbocycles. The maximum absolute atomic E-state index is 11.9. The Bertz CT molecular complexity index is 530. The fourth-order valence-corrected chi connectivity index (χ4v) is 2.17.